The molecule has 1 rings (SSSR count). The molecule has 13 heavy (non-hydrogen) atoms. The van der Waals surface area contributed by atoms with E-state index >= 15 is 0 Å². The predicted molar refractivity (Wildman–Crippen MR) is 41.1 cm³/mol. The summed E-state index contributed by atoms with van der Waals surface area (Å²) in [5.74, 6) is -4.49. The maximum atomic E-state index is 12.8. The zero-order valence-electron chi connectivity index (χ0n) is 6.77. The van der Waals surface area contributed by atoms with Gasteiger partial charge in [-0.2, -0.15) is 0 Å². The van der Waals surface area contributed by atoms with Gasteiger partial charge in [0.2, 0.25) is 0 Å². The van der Waals surface area contributed by atoms with E-state index in [-0.39, 0.29) is 12.0 Å². The number of halogens is 3. The van der Waals surface area contributed by atoms with Gasteiger partial charge >= 0.3 is 0 Å². The summed E-state index contributed by atoms with van der Waals surface area (Å²) in [6, 6.07) is 0.773. The van der Waals surface area contributed by atoms with Crippen LogP contribution >= 0.6 is 0 Å². The first-order chi connectivity index (χ1) is 6.11. The van der Waals surface area contributed by atoms with E-state index in [9.17, 15) is 18.1 Å². The molecule has 0 fully saturated rings. The highest BCUT2D eigenvalue weighted by molar-refractivity contribution is 5.47. The van der Waals surface area contributed by atoms with Gasteiger partial charge in [0.05, 0.1) is 0 Å². The van der Waals surface area contributed by atoms with Crippen LogP contribution in [-0.4, -0.2) is 0 Å². The van der Waals surface area contributed by atoms with E-state index in [4.69, 9.17) is 0 Å². The minimum atomic E-state index is -1.66. The summed E-state index contributed by atoms with van der Waals surface area (Å²) in [6.45, 7) is 1.58. The Morgan fingerprint density at radius 2 is 1.92 bits per heavy atom. The molecule has 0 aliphatic carbocycles. The number of hydrogen-bond donors (Lipinski definition) is 0. The second kappa shape index (κ2) is 3.55. The highest BCUT2D eigenvalue weighted by Gasteiger charge is 2.18. The minimum absolute atomic E-state index is 0.0615. The SMILES string of the molecule is CCc1cc(F)c(F)c(F)c1N=O. The van der Waals surface area contributed by atoms with E-state index in [1.54, 1.807) is 6.92 Å². The molecule has 0 saturated heterocycles. The topological polar surface area (TPSA) is 29.4 Å². The third-order valence-electron chi connectivity index (χ3n) is 1.69. The molecule has 0 saturated carbocycles. The molecule has 5 heteroatoms. The Hall–Kier alpha value is -1.39. The lowest BCUT2D eigenvalue weighted by Gasteiger charge is -2.02. The number of nitroso groups, excluding NO2 is 1. The van der Waals surface area contributed by atoms with E-state index < -0.39 is 23.1 Å². The van der Waals surface area contributed by atoms with Crippen LogP contribution in [0.3, 0.4) is 0 Å². The van der Waals surface area contributed by atoms with Crippen molar-refractivity contribution in [3.05, 3.63) is 34.0 Å². The van der Waals surface area contributed by atoms with Crippen LogP contribution in [0.1, 0.15) is 12.5 Å². The van der Waals surface area contributed by atoms with Gasteiger partial charge < -0.3 is 0 Å². The molecule has 0 heterocycles. The van der Waals surface area contributed by atoms with E-state index in [1.165, 1.54) is 0 Å². The third kappa shape index (κ3) is 1.54. The fraction of sp³-hybridized carbons (Fsp3) is 0.250. The first-order valence-electron chi connectivity index (χ1n) is 3.61. The maximum absolute atomic E-state index is 12.8. The Balaban J connectivity index is 3.47. The van der Waals surface area contributed by atoms with Crippen molar-refractivity contribution in [2.24, 2.45) is 5.18 Å². The van der Waals surface area contributed by atoms with Gasteiger partial charge in [-0.05, 0) is 23.2 Å². The molecule has 0 aromatic heterocycles. The van der Waals surface area contributed by atoms with Gasteiger partial charge in [0.25, 0.3) is 0 Å². The molecule has 0 aliphatic rings. The standard InChI is InChI=1S/C8H6F3NO/c1-2-4-3-5(9)6(10)7(11)8(4)12-13/h3H,2H2,1H3. The van der Waals surface area contributed by atoms with Crippen LogP contribution < -0.4 is 0 Å². The van der Waals surface area contributed by atoms with E-state index in [0.717, 1.165) is 6.07 Å². The Kier molecular flexibility index (Phi) is 2.65. The predicted octanol–water partition coefficient (Wildman–Crippen LogP) is 3.06. The maximum Gasteiger partial charge on any atom is 0.196 e. The summed E-state index contributed by atoms with van der Waals surface area (Å²) in [6.07, 6.45) is 0.217. The average molecular weight is 189 g/mol. The Labute approximate surface area is 72.4 Å². The molecule has 0 bridgehead atoms. The Morgan fingerprint density at radius 3 is 2.38 bits per heavy atom. The molecule has 0 atom stereocenters. The van der Waals surface area contributed by atoms with Gasteiger partial charge in [-0.3, -0.25) is 0 Å². The van der Waals surface area contributed by atoms with Crippen molar-refractivity contribution in [2.75, 3.05) is 0 Å². The number of benzene rings is 1. The number of hydrogen-bond acceptors (Lipinski definition) is 2. The molecule has 1 aromatic rings. The van der Waals surface area contributed by atoms with E-state index in [1.807, 2.05) is 0 Å². The monoisotopic (exact) mass is 189 g/mol. The fourth-order valence-corrected chi connectivity index (χ4v) is 1.00. The fourth-order valence-electron chi connectivity index (χ4n) is 1.00. The molecule has 2 nitrogen and oxygen atoms in total. The zero-order chi connectivity index (χ0) is 10.0. The summed E-state index contributed by atoms with van der Waals surface area (Å²) in [5.41, 5.74) is -0.590. The van der Waals surface area contributed by atoms with Crippen molar-refractivity contribution in [3.63, 3.8) is 0 Å². The molecular weight excluding hydrogens is 183 g/mol. The first kappa shape index (κ1) is 9.70. The lowest BCUT2D eigenvalue weighted by atomic mass is 10.1. The van der Waals surface area contributed by atoms with Gasteiger partial charge in [0, 0.05) is 0 Å². The van der Waals surface area contributed by atoms with Crippen molar-refractivity contribution >= 4 is 5.69 Å². The van der Waals surface area contributed by atoms with Crippen molar-refractivity contribution in [3.8, 4) is 0 Å². The van der Waals surface area contributed by atoms with Crippen molar-refractivity contribution in [1.82, 2.24) is 0 Å². The molecule has 0 aliphatic heterocycles. The molecule has 0 spiro atoms. The van der Waals surface area contributed by atoms with Gasteiger partial charge in [0.1, 0.15) is 5.69 Å². The largest absolute Gasteiger partial charge is 0.204 e. The molecule has 1 aromatic carbocycles. The second-order valence-corrected chi connectivity index (χ2v) is 2.44. The van der Waals surface area contributed by atoms with Crippen molar-refractivity contribution < 1.29 is 13.2 Å². The summed E-state index contributed by atoms with van der Waals surface area (Å²) < 4.78 is 37.9. The molecule has 0 unspecified atom stereocenters. The smallest absolute Gasteiger partial charge is 0.196 e. The van der Waals surface area contributed by atoms with E-state index in [0.29, 0.717) is 0 Å². The van der Waals surface area contributed by atoms with Crippen LogP contribution in [0.15, 0.2) is 11.2 Å². The quantitative estimate of drug-likeness (QED) is 0.519. The van der Waals surface area contributed by atoms with Crippen LogP contribution in [0.5, 0.6) is 0 Å². The van der Waals surface area contributed by atoms with E-state index in [2.05, 4.69) is 5.18 Å². The first-order valence-corrected chi connectivity index (χ1v) is 3.61. The summed E-state index contributed by atoms with van der Waals surface area (Å²) >= 11 is 0. The Morgan fingerprint density at radius 1 is 1.31 bits per heavy atom. The minimum Gasteiger partial charge on any atom is -0.204 e. The lowest BCUT2D eigenvalue weighted by molar-refractivity contribution is 0.447. The van der Waals surface area contributed by atoms with Crippen LogP contribution in [0.25, 0.3) is 0 Å². The molecule has 0 radical (unpaired) electrons. The number of aryl methyl sites for hydroxylation is 1. The van der Waals surface area contributed by atoms with Gasteiger partial charge in [0.15, 0.2) is 17.5 Å². The van der Waals surface area contributed by atoms with Crippen molar-refractivity contribution in [2.45, 2.75) is 13.3 Å². The van der Waals surface area contributed by atoms with Crippen LogP contribution in [0.2, 0.25) is 0 Å². The normalized spacial score (nSPS) is 10.2. The molecule has 70 valence electrons. The second-order valence-electron chi connectivity index (χ2n) is 2.44. The lowest BCUT2D eigenvalue weighted by Crippen LogP contribution is -1.95. The summed E-state index contributed by atoms with van der Waals surface area (Å²) in [7, 11) is 0. The number of rotatable bonds is 2. The third-order valence-corrected chi connectivity index (χ3v) is 1.69. The Bertz CT molecular complexity index is 352. The van der Waals surface area contributed by atoms with Gasteiger partial charge in [-0.15, -0.1) is 4.91 Å². The van der Waals surface area contributed by atoms with Gasteiger partial charge in [-0.1, -0.05) is 6.92 Å². The van der Waals surface area contributed by atoms with Crippen LogP contribution in [0.4, 0.5) is 18.9 Å². The van der Waals surface area contributed by atoms with Crippen molar-refractivity contribution in [1.29, 1.82) is 0 Å². The highest BCUT2D eigenvalue weighted by atomic mass is 19.2. The van der Waals surface area contributed by atoms with Crippen LogP contribution in [-0.2, 0) is 6.42 Å². The molecule has 0 amide bonds. The number of nitrogens with zero attached hydrogens (tertiary/aromatic N) is 1. The highest BCUT2D eigenvalue weighted by Crippen LogP contribution is 2.27. The van der Waals surface area contributed by atoms with Gasteiger partial charge in [-0.25, -0.2) is 13.2 Å². The zero-order valence-corrected chi connectivity index (χ0v) is 6.77. The van der Waals surface area contributed by atoms with Crippen LogP contribution in [0, 0.1) is 22.4 Å². The molecule has 0 N–H and O–H groups in total. The summed E-state index contributed by atoms with van der Waals surface area (Å²) in [4.78, 5) is 10.1. The average Bonchev–Trinajstić information content (AvgIpc) is 2.13. The molecular formula is C8H6F3NO. The summed E-state index contributed by atoms with van der Waals surface area (Å²) in [5, 5.41) is 2.31.